The number of carboxylic acids is 1. The van der Waals surface area contributed by atoms with E-state index in [0.29, 0.717) is 0 Å². The molecule has 1 aromatic rings. The molecule has 2 fully saturated rings. The van der Waals surface area contributed by atoms with Crippen LogP contribution in [0.25, 0.3) is 0 Å². The van der Waals surface area contributed by atoms with Gasteiger partial charge in [0.1, 0.15) is 0 Å². The summed E-state index contributed by atoms with van der Waals surface area (Å²) in [6, 6.07) is 1.39. The van der Waals surface area contributed by atoms with E-state index in [4.69, 9.17) is 5.11 Å². The molecule has 0 bridgehead atoms. The van der Waals surface area contributed by atoms with Crippen LogP contribution >= 0.6 is 0 Å². The van der Waals surface area contributed by atoms with E-state index >= 15 is 0 Å². The van der Waals surface area contributed by atoms with Gasteiger partial charge in [0.2, 0.25) is 5.91 Å². The number of anilines is 1. The van der Waals surface area contributed by atoms with Crippen LogP contribution < -0.4 is 5.32 Å². The number of aromatic carboxylic acids is 1. The molecule has 2 N–H and O–H groups in total. The van der Waals surface area contributed by atoms with Crippen molar-refractivity contribution in [3.63, 3.8) is 0 Å². The zero-order valence-corrected chi connectivity index (χ0v) is 9.80. The third kappa shape index (κ3) is 1.96. The van der Waals surface area contributed by atoms with Gasteiger partial charge in [0.15, 0.2) is 0 Å². The van der Waals surface area contributed by atoms with Crippen LogP contribution in [0, 0.1) is 17.8 Å². The monoisotopic (exact) mass is 246 g/mol. The first kappa shape index (κ1) is 11.2. The van der Waals surface area contributed by atoms with E-state index < -0.39 is 5.97 Å². The number of nitrogens with zero attached hydrogens (tertiary/aromatic N) is 1. The Morgan fingerprint density at radius 1 is 1.28 bits per heavy atom. The first-order chi connectivity index (χ1) is 8.65. The normalized spacial score (nSPS) is 28.6. The molecule has 0 aromatic carbocycles. The molecular weight excluding hydrogens is 232 g/mol. The minimum absolute atomic E-state index is 0.0376. The number of hydrogen-bond donors (Lipinski definition) is 2. The van der Waals surface area contributed by atoms with Crippen molar-refractivity contribution in [3.8, 4) is 0 Å². The fraction of sp³-hybridized carbons (Fsp3) is 0.462. The number of aromatic nitrogens is 1. The van der Waals surface area contributed by atoms with Crippen molar-refractivity contribution >= 4 is 17.6 Å². The molecule has 2 aliphatic carbocycles. The van der Waals surface area contributed by atoms with E-state index in [1.807, 2.05) is 0 Å². The van der Waals surface area contributed by atoms with Gasteiger partial charge in [-0.1, -0.05) is 0 Å². The van der Waals surface area contributed by atoms with Gasteiger partial charge in [0.25, 0.3) is 0 Å². The topological polar surface area (TPSA) is 79.3 Å². The van der Waals surface area contributed by atoms with Crippen LogP contribution in [0.5, 0.6) is 0 Å². The molecule has 2 aliphatic rings. The first-order valence-corrected chi connectivity index (χ1v) is 6.13. The molecule has 2 saturated carbocycles. The highest BCUT2D eigenvalue weighted by Crippen LogP contribution is 2.54. The van der Waals surface area contributed by atoms with Crippen LogP contribution in [0.15, 0.2) is 18.5 Å². The van der Waals surface area contributed by atoms with Crippen molar-refractivity contribution in [2.24, 2.45) is 17.8 Å². The fourth-order valence-electron chi connectivity index (χ4n) is 2.84. The predicted octanol–water partition coefficient (Wildman–Crippen LogP) is 1.76. The maximum absolute atomic E-state index is 12.0. The van der Waals surface area contributed by atoms with Gasteiger partial charge in [-0.3, -0.25) is 9.78 Å². The van der Waals surface area contributed by atoms with Crippen molar-refractivity contribution in [2.75, 3.05) is 5.32 Å². The van der Waals surface area contributed by atoms with Gasteiger partial charge in [-0.2, -0.15) is 0 Å². The molecule has 2 unspecified atom stereocenters. The summed E-state index contributed by atoms with van der Waals surface area (Å²) >= 11 is 0. The molecule has 94 valence electrons. The standard InChI is InChI=1S/C13H14N2O3/c16-12(9-4-7-3-8(7)5-9)15-11-6-14-2-1-10(11)13(17)18/h1-2,6-9H,3-5H2,(H,15,16)(H,17,18). The molecule has 1 heterocycles. The van der Waals surface area contributed by atoms with E-state index in [2.05, 4.69) is 10.3 Å². The van der Waals surface area contributed by atoms with Gasteiger partial charge in [-0.25, -0.2) is 4.79 Å². The van der Waals surface area contributed by atoms with E-state index in [1.165, 1.54) is 24.9 Å². The minimum Gasteiger partial charge on any atom is -0.478 e. The van der Waals surface area contributed by atoms with E-state index in [1.54, 1.807) is 0 Å². The quantitative estimate of drug-likeness (QED) is 0.851. The molecule has 1 amide bonds. The summed E-state index contributed by atoms with van der Waals surface area (Å²) in [7, 11) is 0. The zero-order chi connectivity index (χ0) is 12.7. The number of carboxylic acid groups (broad SMARTS) is 1. The van der Waals surface area contributed by atoms with Crippen molar-refractivity contribution in [2.45, 2.75) is 19.3 Å². The molecule has 0 radical (unpaired) electrons. The molecule has 18 heavy (non-hydrogen) atoms. The number of pyridine rings is 1. The van der Waals surface area contributed by atoms with E-state index in [9.17, 15) is 9.59 Å². The van der Waals surface area contributed by atoms with Gasteiger partial charge in [-0.05, 0) is 37.2 Å². The second kappa shape index (κ2) is 4.08. The largest absolute Gasteiger partial charge is 0.478 e. The highest BCUT2D eigenvalue weighted by Gasteiger charge is 2.48. The molecule has 1 aromatic heterocycles. The van der Waals surface area contributed by atoms with Crippen LogP contribution in [0.1, 0.15) is 29.6 Å². The second-order valence-electron chi connectivity index (χ2n) is 5.14. The van der Waals surface area contributed by atoms with Crippen LogP contribution in [0.4, 0.5) is 5.69 Å². The molecule has 2 atom stereocenters. The first-order valence-electron chi connectivity index (χ1n) is 6.13. The highest BCUT2D eigenvalue weighted by atomic mass is 16.4. The van der Waals surface area contributed by atoms with Gasteiger partial charge in [0, 0.05) is 12.1 Å². The fourth-order valence-corrected chi connectivity index (χ4v) is 2.84. The van der Waals surface area contributed by atoms with Crippen LogP contribution in [-0.4, -0.2) is 22.0 Å². The Labute approximate surface area is 104 Å². The summed E-state index contributed by atoms with van der Waals surface area (Å²) in [5, 5.41) is 11.7. The Morgan fingerprint density at radius 3 is 2.67 bits per heavy atom. The molecule has 5 nitrogen and oxygen atoms in total. The molecule has 0 spiro atoms. The lowest BCUT2D eigenvalue weighted by Gasteiger charge is -2.13. The summed E-state index contributed by atoms with van der Waals surface area (Å²) < 4.78 is 0. The number of nitrogens with one attached hydrogen (secondary N) is 1. The predicted molar refractivity (Wildman–Crippen MR) is 64.1 cm³/mol. The van der Waals surface area contributed by atoms with E-state index in [0.717, 1.165) is 24.7 Å². The Kier molecular flexibility index (Phi) is 2.54. The SMILES string of the molecule is O=C(O)c1ccncc1NC(=O)C1CC2CC2C1. The van der Waals surface area contributed by atoms with Gasteiger partial charge >= 0.3 is 5.97 Å². The summed E-state index contributed by atoms with van der Waals surface area (Å²) in [4.78, 5) is 26.9. The third-order valence-corrected chi connectivity index (χ3v) is 3.92. The van der Waals surface area contributed by atoms with Gasteiger partial charge < -0.3 is 10.4 Å². The smallest absolute Gasteiger partial charge is 0.337 e. The Morgan fingerprint density at radius 2 is 2.00 bits per heavy atom. The zero-order valence-electron chi connectivity index (χ0n) is 9.80. The van der Waals surface area contributed by atoms with Crippen molar-refractivity contribution in [1.82, 2.24) is 4.98 Å². The highest BCUT2D eigenvalue weighted by molar-refractivity contribution is 6.00. The maximum Gasteiger partial charge on any atom is 0.337 e. The summed E-state index contributed by atoms with van der Waals surface area (Å²) in [5.74, 6) is 0.373. The lowest BCUT2D eigenvalue weighted by molar-refractivity contribution is -0.120. The van der Waals surface area contributed by atoms with Gasteiger partial charge in [-0.15, -0.1) is 0 Å². The molecule has 3 rings (SSSR count). The number of carbonyl (C=O) groups is 2. The van der Waals surface area contributed by atoms with Crippen molar-refractivity contribution in [1.29, 1.82) is 0 Å². The van der Waals surface area contributed by atoms with Crippen LogP contribution in [0.3, 0.4) is 0 Å². The number of hydrogen-bond acceptors (Lipinski definition) is 3. The van der Waals surface area contributed by atoms with Crippen LogP contribution in [0.2, 0.25) is 0 Å². The number of rotatable bonds is 3. The average molecular weight is 246 g/mol. The molecular formula is C13H14N2O3. The maximum atomic E-state index is 12.0. The summed E-state index contributed by atoms with van der Waals surface area (Å²) in [6.07, 6.45) is 5.94. The summed E-state index contributed by atoms with van der Waals surface area (Å²) in [6.45, 7) is 0. The third-order valence-electron chi connectivity index (χ3n) is 3.92. The summed E-state index contributed by atoms with van der Waals surface area (Å²) in [5.41, 5.74) is 0.372. The lowest BCUT2D eigenvalue weighted by Crippen LogP contribution is -2.23. The van der Waals surface area contributed by atoms with Crippen LogP contribution in [-0.2, 0) is 4.79 Å². The Bertz CT molecular complexity index is 505. The van der Waals surface area contributed by atoms with Crippen molar-refractivity contribution < 1.29 is 14.7 Å². The lowest BCUT2D eigenvalue weighted by atomic mass is 10.0. The van der Waals surface area contributed by atoms with Gasteiger partial charge in [0.05, 0.1) is 17.4 Å². The number of carbonyl (C=O) groups excluding carboxylic acids is 1. The Balaban J connectivity index is 1.72. The minimum atomic E-state index is -1.05. The number of amides is 1. The Hall–Kier alpha value is -1.91. The number of fused-ring (bicyclic) bond motifs is 1. The molecule has 5 heteroatoms. The molecule has 0 saturated heterocycles. The second-order valence-corrected chi connectivity index (χ2v) is 5.14. The molecule has 0 aliphatic heterocycles. The van der Waals surface area contributed by atoms with E-state index in [-0.39, 0.29) is 23.1 Å². The average Bonchev–Trinajstić information content (AvgIpc) is 2.96. The van der Waals surface area contributed by atoms with Crippen molar-refractivity contribution in [3.05, 3.63) is 24.0 Å².